The third kappa shape index (κ3) is 2.99. The molecule has 0 N–H and O–H groups in total. The summed E-state index contributed by atoms with van der Waals surface area (Å²) in [6.45, 7) is 2.64. The van der Waals surface area contributed by atoms with Gasteiger partial charge in [0.15, 0.2) is 0 Å². The summed E-state index contributed by atoms with van der Waals surface area (Å²) in [5.74, 6) is 0.569. The van der Waals surface area contributed by atoms with Crippen LogP contribution in [0.15, 0.2) is 48.5 Å². The van der Waals surface area contributed by atoms with Gasteiger partial charge < -0.3 is 9.64 Å². The second-order valence-electron chi connectivity index (χ2n) is 4.79. The van der Waals surface area contributed by atoms with Gasteiger partial charge in [-0.25, -0.2) is 0 Å². The van der Waals surface area contributed by atoms with E-state index in [1.807, 2.05) is 30.3 Å². The Morgan fingerprint density at radius 3 is 2.45 bits per heavy atom. The number of carbonyl (C=O) groups excluding carboxylic acids is 1. The molecule has 0 radical (unpaired) electrons. The second kappa shape index (κ2) is 6.24. The number of methoxy groups -OCH3 is 1. The van der Waals surface area contributed by atoms with Crippen LogP contribution in [0.5, 0.6) is 5.75 Å². The highest BCUT2D eigenvalue weighted by molar-refractivity contribution is 5.96. The van der Waals surface area contributed by atoms with Crippen LogP contribution in [0.1, 0.15) is 21.5 Å². The highest BCUT2D eigenvalue weighted by Gasteiger charge is 2.16. The molecule has 0 unspecified atom stereocenters. The number of ether oxygens (including phenoxy) is 1. The molecule has 104 valence electrons. The van der Waals surface area contributed by atoms with Crippen molar-refractivity contribution in [2.75, 3.05) is 14.2 Å². The van der Waals surface area contributed by atoms with E-state index in [1.165, 1.54) is 5.56 Å². The zero-order valence-corrected chi connectivity index (χ0v) is 12.1. The Hall–Kier alpha value is -2.29. The number of para-hydroxylation sites is 1. The molecule has 0 aliphatic heterocycles. The Balaban J connectivity index is 2.19. The quantitative estimate of drug-likeness (QED) is 0.852. The lowest BCUT2D eigenvalue weighted by Gasteiger charge is -2.19. The van der Waals surface area contributed by atoms with Crippen molar-refractivity contribution in [2.24, 2.45) is 0 Å². The van der Waals surface area contributed by atoms with Crippen molar-refractivity contribution < 1.29 is 9.53 Å². The Morgan fingerprint density at radius 2 is 1.75 bits per heavy atom. The Labute approximate surface area is 119 Å². The average Bonchev–Trinajstić information content (AvgIpc) is 2.48. The van der Waals surface area contributed by atoms with Gasteiger partial charge in [0.25, 0.3) is 5.91 Å². The van der Waals surface area contributed by atoms with E-state index in [1.54, 1.807) is 31.2 Å². The molecule has 0 aromatic heterocycles. The van der Waals surface area contributed by atoms with E-state index in [-0.39, 0.29) is 5.91 Å². The zero-order chi connectivity index (χ0) is 14.5. The van der Waals surface area contributed by atoms with Gasteiger partial charge in [-0.15, -0.1) is 0 Å². The van der Waals surface area contributed by atoms with Crippen molar-refractivity contribution in [1.82, 2.24) is 4.90 Å². The van der Waals surface area contributed by atoms with E-state index in [9.17, 15) is 4.79 Å². The number of hydrogen-bond donors (Lipinski definition) is 0. The van der Waals surface area contributed by atoms with Gasteiger partial charge in [0.1, 0.15) is 5.75 Å². The average molecular weight is 269 g/mol. The number of rotatable bonds is 4. The van der Waals surface area contributed by atoms with Crippen molar-refractivity contribution in [3.05, 3.63) is 65.2 Å². The molecule has 20 heavy (non-hydrogen) atoms. The SMILES string of the molecule is COc1ccccc1C(=O)N(C)Cc1ccccc1C. The molecule has 0 heterocycles. The van der Waals surface area contributed by atoms with E-state index in [0.717, 1.165) is 5.56 Å². The molecule has 0 saturated heterocycles. The summed E-state index contributed by atoms with van der Waals surface area (Å²) in [5, 5.41) is 0. The van der Waals surface area contributed by atoms with Gasteiger partial charge >= 0.3 is 0 Å². The lowest BCUT2D eigenvalue weighted by atomic mass is 10.1. The number of benzene rings is 2. The van der Waals surface area contributed by atoms with E-state index < -0.39 is 0 Å². The number of amides is 1. The van der Waals surface area contributed by atoms with Crippen LogP contribution in [-0.2, 0) is 6.54 Å². The predicted molar refractivity (Wildman–Crippen MR) is 80.0 cm³/mol. The Bertz CT molecular complexity index is 607. The molecule has 2 rings (SSSR count). The maximum absolute atomic E-state index is 12.5. The van der Waals surface area contributed by atoms with Crippen molar-refractivity contribution in [2.45, 2.75) is 13.5 Å². The number of nitrogens with zero attached hydrogens (tertiary/aromatic N) is 1. The minimum atomic E-state index is -0.0364. The van der Waals surface area contributed by atoms with E-state index in [2.05, 4.69) is 13.0 Å². The molecule has 0 bridgehead atoms. The van der Waals surface area contributed by atoms with E-state index in [4.69, 9.17) is 4.74 Å². The Kier molecular flexibility index (Phi) is 4.41. The van der Waals surface area contributed by atoms with Crippen molar-refractivity contribution in [3.8, 4) is 5.75 Å². The topological polar surface area (TPSA) is 29.5 Å². The van der Waals surface area contributed by atoms with Gasteiger partial charge in [-0.2, -0.15) is 0 Å². The molecule has 2 aromatic rings. The van der Waals surface area contributed by atoms with Gasteiger partial charge in [0.05, 0.1) is 12.7 Å². The first-order valence-corrected chi connectivity index (χ1v) is 6.56. The summed E-state index contributed by atoms with van der Waals surface area (Å²) >= 11 is 0. The van der Waals surface area contributed by atoms with Crippen LogP contribution in [0.3, 0.4) is 0 Å². The monoisotopic (exact) mass is 269 g/mol. The summed E-state index contributed by atoms with van der Waals surface area (Å²) in [7, 11) is 3.38. The maximum atomic E-state index is 12.5. The van der Waals surface area contributed by atoms with Gasteiger partial charge in [-0.05, 0) is 30.2 Å². The van der Waals surface area contributed by atoms with Gasteiger partial charge in [-0.3, -0.25) is 4.79 Å². The molecule has 2 aromatic carbocycles. The maximum Gasteiger partial charge on any atom is 0.257 e. The standard InChI is InChI=1S/C17H19NO2/c1-13-8-4-5-9-14(13)12-18(2)17(19)15-10-6-7-11-16(15)20-3/h4-11H,12H2,1-3H3. The fourth-order valence-corrected chi connectivity index (χ4v) is 2.14. The fourth-order valence-electron chi connectivity index (χ4n) is 2.14. The van der Waals surface area contributed by atoms with Crippen molar-refractivity contribution >= 4 is 5.91 Å². The van der Waals surface area contributed by atoms with Crippen LogP contribution in [0.4, 0.5) is 0 Å². The first kappa shape index (κ1) is 14.1. The minimum Gasteiger partial charge on any atom is -0.496 e. The molecule has 3 heteroatoms. The van der Waals surface area contributed by atoms with Gasteiger partial charge in [-0.1, -0.05) is 36.4 Å². The molecular weight excluding hydrogens is 250 g/mol. The van der Waals surface area contributed by atoms with Gasteiger partial charge in [0.2, 0.25) is 0 Å². The molecule has 0 saturated carbocycles. The fraction of sp³-hybridized carbons (Fsp3) is 0.235. The largest absolute Gasteiger partial charge is 0.496 e. The third-order valence-corrected chi connectivity index (χ3v) is 3.35. The molecule has 0 aliphatic carbocycles. The number of aryl methyl sites for hydroxylation is 1. The molecule has 1 amide bonds. The molecule has 3 nitrogen and oxygen atoms in total. The second-order valence-corrected chi connectivity index (χ2v) is 4.79. The first-order chi connectivity index (χ1) is 9.63. The number of hydrogen-bond acceptors (Lipinski definition) is 2. The molecule has 0 spiro atoms. The number of carbonyl (C=O) groups is 1. The molecule has 0 aliphatic rings. The van der Waals surface area contributed by atoms with Crippen LogP contribution in [0, 0.1) is 6.92 Å². The summed E-state index contributed by atoms with van der Waals surface area (Å²) in [5.41, 5.74) is 2.93. The summed E-state index contributed by atoms with van der Waals surface area (Å²) in [4.78, 5) is 14.2. The smallest absolute Gasteiger partial charge is 0.257 e. The van der Waals surface area contributed by atoms with Crippen LogP contribution in [0.2, 0.25) is 0 Å². The molecule has 0 fully saturated rings. The lowest BCUT2D eigenvalue weighted by Crippen LogP contribution is -2.26. The zero-order valence-electron chi connectivity index (χ0n) is 12.1. The highest BCUT2D eigenvalue weighted by atomic mass is 16.5. The van der Waals surface area contributed by atoms with E-state index in [0.29, 0.717) is 17.9 Å². The Morgan fingerprint density at radius 1 is 1.10 bits per heavy atom. The summed E-state index contributed by atoms with van der Waals surface area (Å²) < 4.78 is 5.24. The van der Waals surface area contributed by atoms with Crippen LogP contribution < -0.4 is 4.74 Å². The van der Waals surface area contributed by atoms with Crippen LogP contribution in [-0.4, -0.2) is 25.0 Å². The summed E-state index contributed by atoms with van der Waals surface area (Å²) in [6, 6.07) is 15.4. The molecule has 0 atom stereocenters. The van der Waals surface area contributed by atoms with Gasteiger partial charge in [0, 0.05) is 13.6 Å². The lowest BCUT2D eigenvalue weighted by molar-refractivity contribution is 0.0781. The van der Waals surface area contributed by atoms with Crippen molar-refractivity contribution in [3.63, 3.8) is 0 Å². The normalized spacial score (nSPS) is 10.2. The van der Waals surface area contributed by atoms with Crippen molar-refractivity contribution in [1.29, 1.82) is 0 Å². The molecular formula is C17H19NO2. The van der Waals surface area contributed by atoms with Crippen LogP contribution in [0.25, 0.3) is 0 Å². The summed E-state index contributed by atoms with van der Waals surface area (Å²) in [6.07, 6.45) is 0. The highest BCUT2D eigenvalue weighted by Crippen LogP contribution is 2.20. The first-order valence-electron chi connectivity index (χ1n) is 6.56. The minimum absolute atomic E-state index is 0.0364. The predicted octanol–water partition coefficient (Wildman–Crippen LogP) is 3.28. The van der Waals surface area contributed by atoms with Crippen LogP contribution >= 0.6 is 0 Å². The van der Waals surface area contributed by atoms with E-state index >= 15 is 0 Å². The third-order valence-electron chi connectivity index (χ3n) is 3.35.